The van der Waals surface area contributed by atoms with E-state index in [-0.39, 0.29) is 12.1 Å². The lowest BCUT2D eigenvalue weighted by Gasteiger charge is -2.22. The third-order valence-corrected chi connectivity index (χ3v) is 7.31. The van der Waals surface area contributed by atoms with Gasteiger partial charge in [0.15, 0.2) is 0 Å². The summed E-state index contributed by atoms with van der Waals surface area (Å²) >= 11 is 3.01. The van der Waals surface area contributed by atoms with E-state index < -0.39 is 29.0 Å². The highest BCUT2D eigenvalue weighted by atomic mass is 32.1. The van der Waals surface area contributed by atoms with Crippen LogP contribution >= 0.6 is 22.7 Å². The number of nitrogens with one attached hydrogen (secondary N) is 2. The molecule has 2 amide bonds. The molecule has 3 N–H and O–H groups in total. The summed E-state index contributed by atoms with van der Waals surface area (Å²) in [4.78, 5) is 41.0. The van der Waals surface area contributed by atoms with Crippen molar-refractivity contribution < 1.29 is 19.6 Å². The molecule has 0 radical (unpaired) electrons. The Morgan fingerprint density at radius 3 is 2.31 bits per heavy atom. The Morgan fingerprint density at radius 2 is 1.67 bits per heavy atom. The number of nitro benzene ring substituents is 1. The van der Waals surface area contributed by atoms with Crippen LogP contribution in [0.4, 0.5) is 10.5 Å². The Balaban J connectivity index is 1.59. The molecule has 9 nitrogen and oxygen atoms in total. The molecule has 2 atom stereocenters. The normalized spacial score (nSPS) is 12.4. The maximum atomic E-state index is 13.3. The molecule has 0 saturated carbocycles. The van der Waals surface area contributed by atoms with Gasteiger partial charge in [0.2, 0.25) is 5.91 Å². The number of thiazole rings is 1. The van der Waals surface area contributed by atoms with Gasteiger partial charge in [-0.1, -0.05) is 48.5 Å². The Labute approximate surface area is 214 Å². The minimum absolute atomic E-state index is 0.0263. The van der Waals surface area contributed by atoms with Crippen LogP contribution in [0.15, 0.2) is 77.5 Å². The van der Waals surface area contributed by atoms with Crippen molar-refractivity contribution in [1.82, 2.24) is 15.6 Å². The van der Waals surface area contributed by atoms with Crippen molar-refractivity contribution in [2.24, 2.45) is 0 Å². The van der Waals surface area contributed by atoms with E-state index in [1.807, 2.05) is 53.2 Å². The summed E-state index contributed by atoms with van der Waals surface area (Å²) < 4.78 is 0. The predicted octanol–water partition coefficient (Wildman–Crippen LogP) is 5.06. The summed E-state index contributed by atoms with van der Waals surface area (Å²) in [7, 11) is 0. The van der Waals surface area contributed by atoms with Gasteiger partial charge in [-0.25, -0.2) is 9.78 Å². The molecule has 4 aromatic rings. The summed E-state index contributed by atoms with van der Waals surface area (Å²) in [5.41, 5.74) is 2.18. The van der Waals surface area contributed by atoms with Crippen molar-refractivity contribution in [3.8, 4) is 9.88 Å². The molecule has 0 spiro atoms. The molecular formula is C25H22N4O5S2. The average molecular weight is 523 g/mol. The van der Waals surface area contributed by atoms with Gasteiger partial charge in [-0.3, -0.25) is 14.9 Å². The fourth-order valence-corrected chi connectivity index (χ4v) is 5.35. The summed E-state index contributed by atoms with van der Waals surface area (Å²) in [6, 6.07) is 17.6. The zero-order valence-electron chi connectivity index (χ0n) is 18.9. The fourth-order valence-electron chi connectivity index (χ4n) is 3.66. The minimum atomic E-state index is -1.30. The van der Waals surface area contributed by atoms with Crippen LogP contribution < -0.4 is 10.6 Å². The largest absolute Gasteiger partial charge is 0.465 e. The molecule has 4 rings (SSSR count). The second-order valence-electron chi connectivity index (χ2n) is 7.94. The van der Waals surface area contributed by atoms with E-state index in [0.29, 0.717) is 12.1 Å². The van der Waals surface area contributed by atoms with E-state index in [1.54, 1.807) is 23.5 Å². The summed E-state index contributed by atoms with van der Waals surface area (Å²) in [6.45, 7) is 0. The highest BCUT2D eigenvalue weighted by Gasteiger charge is 2.26. The molecule has 0 aliphatic carbocycles. The third-order valence-electron chi connectivity index (χ3n) is 5.41. The monoisotopic (exact) mass is 522 g/mol. The van der Waals surface area contributed by atoms with Gasteiger partial charge in [0.1, 0.15) is 11.0 Å². The number of hydrogen-bond donors (Lipinski definition) is 3. The van der Waals surface area contributed by atoms with Gasteiger partial charge in [-0.05, 0) is 29.0 Å². The van der Waals surface area contributed by atoms with Gasteiger partial charge in [-0.2, -0.15) is 0 Å². The molecule has 1 unspecified atom stereocenters. The Kier molecular flexibility index (Phi) is 8.03. The van der Waals surface area contributed by atoms with Crippen LogP contribution in [-0.4, -0.2) is 33.1 Å². The van der Waals surface area contributed by atoms with Crippen LogP contribution in [0, 0.1) is 10.1 Å². The molecule has 0 aliphatic heterocycles. The zero-order valence-corrected chi connectivity index (χ0v) is 20.5. The number of carbonyl (C=O) groups is 2. The molecule has 36 heavy (non-hydrogen) atoms. The minimum Gasteiger partial charge on any atom is -0.465 e. The van der Waals surface area contributed by atoms with Crippen LogP contribution in [0.2, 0.25) is 0 Å². The van der Waals surface area contributed by atoms with Gasteiger partial charge < -0.3 is 15.7 Å². The van der Waals surface area contributed by atoms with Crippen molar-refractivity contribution >= 4 is 40.4 Å². The lowest BCUT2D eigenvalue weighted by atomic mass is 10.0. The number of non-ortho nitro benzene ring substituents is 1. The quantitative estimate of drug-likeness (QED) is 0.197. The van der Waals surface area contributed by atoms with E-state index in [4.69, 9.17) is 4.98 Å². The van der Waals surface area contributed by atoms with Gasteiger partial charge in [0, 0.05) is 23.9 Å². The first-order valence-electron chi connectivity index (χ1n) is 11.0. The third kappa shape index (κ3) is 6.52. The second kappa shape index (κ2) is 11.6. The highest BCUT2D eigenvalue weighted by Crippen LogP contribution is 2.31. The first kappa shape index (κ1) is 25.0. The van der Waals surface area contributed by atoms with E-state index in [1.165, 1.54) is 23.5 Å². The maximum absolute atomic E-state index is 13.3. The molecule has 2 aromatic carbocycles. The highest BCUT2D eigenvalue weighted by molar-refractivity contribution is 7.20. The maximum Gasteiger partial charge on any atom is 0.405 e. The lowest BCUT2D eigenvalue weighted by molar-refractivity contribution is -0.384. The first-order chi connectivity index (χ1) is 17.4. The Hall–Kier alpha value is -4.09. The SMILES string of the molecule is O=C(O)N[C@@H](Cc1ccccc1)C(=O)NC(Cc1ccc([N+](=O)[O-])cc1)c1csc(-c2cccs2)n1. The van der Waals surface area contributed by atoms with Gasteiger partial charge in [0.25, 0.3) is 5.69 Å². The predicted molar refractivity (Wildman–Crippen MR) is 138 cm³/mol. The number of thiophene rings is 1. The van der Waals surface area contributed by atoms with Crippen molar-refractivity contribution in [3.05, 3.63) is 104 Å². The van der Waals surface area contributed by atoms with Crippen molar-refractivity contribution in [2.45, 2.75) is 24.9 Å². The molecule has 0 aliphatic rings. The van der Waals surface area contributed by atoms with Crippen LogP contribution in [0.3, 0.4) is 0 Å². The summed E-state index contributed by atoms with van der Waals surface area (Å²) in [6.07, 6.45) is -0.796. The molecule has 184 valence electrons. The number of nitrogens with zero attached hydrogens (tertiary/aromatic N) is 2. The van der Waals surface area contributed by atoms with Crippen molar-refractivity contribution in [2.75, 3.05) is 0 Å². The van der Waals surface area contributed by atoms with Gasteiger partial charge in [0.05, 0.1) is 21.5 Å². The fraction of sp³-hybridized carbons (Fsp3) is 0.160. The van der Waals surface area contributed by atoms with E-state index in [0.717, 1.165) is 21.0 Å². The summed E-state index contributed by atoms with van der Waals surface area (Å²) in [5.74, 6) is -0.487. The number of carboxylic acid groups (broad SMARTS) is 1. The number of carbonyl (C=O) groups excluding carboxylic acids is 1. The number of benzene rings is 2. The Morgan fingerprint density at radius 1 is 0.944 bits per heavy atom. The molecule has 0 saturated heterocycles. The lowest BCUT2D eigenvalue weighted by Crippen LogP contribution is -2.48. The van der Waals surface area contributed by atoms with E-state index in [2.05, 4.69) is 10.6 Å². The molecular weight excluding hydrogens is 500 g/mol. The van der Waals surface area contributed by atoms with E-state index >= 15 is 0 Å². The molecule has 11 heteroatoms. The van der Waals surface area contributed by atoms with Gasteiger partial charge in [-0.15, -0.1) is 22.7 Å². The average Bonchev–Trinajstić information content (AvgIpc) is 3.56. The zero-order chi connectivity index (χ0) is 25.5. The van der Waals surface area contributed by atoms with Crippen LogP contribution in [0.5, 0.6) is 0 Å². The van der Waals surface area contributed by atoms with Crippen LogP contribution in [-0.2, 0) is 17.6 Å². The molecule has 2 aromatic heterocycles. The van der Waals surface area contributed by atoms with Crippen molar-refractivity contribution in [3.63, 3.8) is 0 Å². The van der Waals surface area contributed by atoms with E-state index in [9.17, 15) is 24.8 Å². The number of amides is 2. The standard InChI is InChI=1S/C25H22N4O5S2/c30-23(20(28-25(31)32)14-16-5-2-1-3-6-16)26-19(13-17-8-10-18(11-9-17)29(33)34)21-15-36-24(27-21)22-7-4-12-35-22/h1-12,15,19-20,28H,13-14H2,(H,26,30)(H,31,32)/t19?,20-/m0/s1. The van der Waals surface area contributed by atoms with Crippen LogP contribution in [0.1, 0.15) is 22.9 Å². The molecule has 0 fully saturated rings. The second-order valence-corrected chi connectivity index (χ2v) is 9.74. The number of aromatic nitrogens is 1. The topological polar surface area (TPSA) is 134 Å². The Bertz CT molecular complexity index is 1320. The molecule has 0 bridgehead atoms. The summed E-state index contributed by atoms with van der Waals surface area (Å²) in [5, 5.41) is 30.2. The first-order valence-corrected chi connectivity index (χ1v) is 12.7. The smallest absolute Gasteiger partial charge is 0.405 e. The molecule has 2 heterocycles. The number of rotatable bonds is 10. The van der Waals surface area contributed by atoms with Crippen LogP contribution in [0.25, 0.3) is 9.88 Å². The van der Waals surface area contributed by atoms with Crippen molar-refractivity contribution in [1.29, 1.82) is 0 Å². The number of nitro groups is 1. The van der Waals surface area contributed by atoms with Gasteiger partial charge >= 0.3 is 6.09 Å². The number of hydrogen-bond acceptors (Lipinski definition) is 7.